The lowest BCUT2D eigenvalue weighted by Gasteiger charge is -2.36. The summed E-state index contributed by atoms with van der Waals surface area (Å²) in [5.74, 6) is -2.68. The molecule has 0 radical (unpaired) electrons. The smallest absolute Gasteiger partial charge is 0.408 e. The maximum Gasteiger partial charge on any atom is 0.408 e. The largest absolute Gasteiger partial charge is 0.460 e. The molecule has 13 heteroatoms. The molecule has 0 bridgehead atoms. The van der Waals surface area contributed by atoms with E-state index >= 15 is 0 Å². The molecule has 0 unspecified atom stereocenters. The molecule has 0 aliphatic rings. The first-order valence-electron chi connectivity index (χ1n) is 21.0. The van der Waals surface area contributed by atoms with Crippen LogP contribution in [0.2, 0.25) is 0 Å². The Morgan fingerprint density at radius 1 is 1.00 bits per heavy atom. The number of esters is 2. The van der Waals surface area contributed by atoms with E-state index in [1.165, 1.54) is 0 Å². The van der Waals surface area contributed by atoms with Gasteiger partial charge >= 0.3 is 18.0 Å². The number of ether oxygens (including phenoxy) is 3. The molecule has 0 aliphatic heterocycles. The van der Waals surface area contributed by atoms with Gasteiger partial charge in [-0.15, -0.1) is 11.3 Å². The number of thiazole rings is 1. The highest BCUT2D eigenvalue weighted by atomic mass is 32.1. The molecule has 0 spiro atoms. The number of aromatic nitrogens is 2. The second kappa shape index (κ2) is 21.5. The van der Waals surface area contributed by atoms with Gasteiger partial charge in [0.25, 0.3) is 0 Å². The summed E-state index contributed by atoms with van der Waals surface area (Å²) in [6, 6.07) is 6.45. The van der Waals surface area contributed by atoms with Crippen LogP contribution in [0.5, 0.6) is 0 Å². The highest BCUT2D eigenvalue weighted by Crippen LogP contribution is 2.34. The third kappa shape index (κ3) is 15.6. The summed E-state index contributed by atoms with van der Waals surface area (Å²) in [5.41, 5.74) is 8.42. The topological polar surface area (TPSA) is 183 Å². The van der Waals surface area contributed by atoms with Gasteiger partial charge < -0.3 is 35.4 Å². The van der Waals surface area contributed by atoms with Crippen LogP contribution >= 0.6 is 11.3 Å². The van der Waals surface area contributed by atoms with Gasteiger partial charge in [-0.2, -0.15) is 0 Å². The second-order valence-corrected chi connectivity index (χ2v) is 19.8. The van der Waals surface area contributed by atoms with Crippen LogP contribution in [0, 0.1) is 24.2 Å². The van der Waals surface area contributed by atoms with E-state index in [1.54, 1.807) is 52.9 Å². The number of nitrogens with one attached hydrogen (secondary N) is 2. The first-order valence-corrected chi connectivity index (χ1v) is 21.9. The Bertz CT molecular complexity index is 1980. The fourth-order valence-electron chi connectivity index (χ4n) is 7.13. The number of hydrogen-bond donors (Lipinski definition) is 4. The van der Waals surface area contributed by atoms with Gasteiger partial charge in [-0.05, 0) is 117 Å². The van der Waals surface area contributed by atoms with Gasteiger partial charge in [-0.25, -0.2) is 9.78 Å². The van der Waals surface area contributed by atoms with E-state index in [9.17, 15) is 24.3 Å². The number of benzene rings is 1. The van der Waals surface area contributed by atoms with Crippen LogP contribution in [0.1, 0.15) is 131 Å². The lowest BCUT2D eigenvalue weighted by atomic mass is 9.73. The Kier molecular flexibility index (Phi) is 17.9. The van der Waals surface area contributed by atoms with E-state index in [2.05, 4.69) is 21.4 Å². The van der Waals surface area contributed by atoms with Gasteiger partial charge in [0, 0.05) is 28.9 Å². The molecule has 0 saturated carbocycles. The molecule has 3 rings (SSSR count). The van der Waals surface area contributed by atoms with E-state index in [0.717, 1.165) is 51.2 Å². The third-order valence-electron chi connectivity index (χ3n) is 10.6. The number of ketones is 1. The van der Waals surface area contributed by atoms with Crippen molar-refractivity contribution in [2.75, 3.05) is 0 Å². The molecule has 0 saturated heterocycles. The number of amides is 1. The number of hydrogen-bond acceptors (Lipinski definition) is 11. The molecule has 2 aromatic heterocycles. The summed E-state index contributed by atoms with van der Waals surface area (Å²) in [6.45, 7) is 23.5. The zero-order valence-corrected chi connectivity index (χ0v) is 38.9. The van der Waals surface area contributed by atoms with Crippen molar-refractivity contribution in [1.29, 1.82) is 0 Å². The molecule has 6 atom stereocenters. The minimum atomic E-state index is -1.36. The number of H-pyrrole nitrogens is 1. The van der Waals surface area contributed by atoms with Crippen molar-refractivity contribution in [1.82, 2.24) is 15.3 Å². The predicted molar refractivity (Wildman–Crippen MR) is 239 cm³/mol. The zero-order chi connectivity index (χ0) is 45.2. The van der Waals surface area contributed by atoms with Crippen LogP contribution in [0.3, 0.4) is 0 Å². The SMILES string of the molecule is C/C(=C/C[C@H](NC(=O)OC(C)(C)C)/C(C)=C/c1csc(C)n1)CCC[C@H](C)[C@H](OC(=O)[C@@H](N)Cc1c[nH]c2ccccc12)[C@@H](C)C(=O)C(C)(C)[C@@H](O)CC(=O)OC(C)(C)C. The number of aliphatic hydroxyl groups is 1. The summed E-state index contributed by atoms with van der Waals surface area (Å²) in [4.78, 5) is 61.2. The Hall–Kier alpha value is -4.33. The fraction of sp³-hybridized carbons (Fsp3) is 0.596. The number of nitrogens with zero attached hydrogens (tertiary/aromatic N) is 1. The Labute approximate surface area is 361 Å². The number of Topliss-reactive ketones (excluding diaryl/α,β-unsaturated/α-hetero) is 1. The Balaban J connectivity index is 1.78. The minimum absolute atomic E-state index is 0.234. The number of fused-ring (bicyclic) bond motifs is 1. The minimum Gasteiger partial charge on any atom is -0.460 e. The predicted octanol–water partition coefficient (Wildman–Crippen LogP) is 9.18. The molecule has 12 nitrogen and oxygen atoms in total. The molecule has 2 heterocycles. The van der Waals surface area contributed by atoms with Crippen LogP contribution in [-0.4, -0.2) is 74.4 Å². The van der Waals surface area contributed by atoms with Crippen molar-refractivity contribution >= 4 is 52.1 Å². The van der Waals surface area contributed by atoms with Gasteiger partial charge in [0.1, 0.15) is 29.1 Å². The van der Waals surface area contributed by atoms with Crippen molar-refractivity contribution < 1.29 is 38.5 Å². The molecular weight excluding hydrogens is 781 g/mol. The number of alkyl carbamates (subject to hydrolysis) is 1. The van der Waals surface area contributed by atoms with Crippen molar-refractivity contribution in [2.45, 2.75) is 164 Å². The number of para-hydroxylation sites is 1. The summed E-state index contributed by atoms with van der Waals surface area (Å²) in [7, 11) is 0. The zero-order valence-electron chi connectivity index (χ0n) is 38.1. The van der Waals surface area contributed by atoms with Gasteiger partial charge in [0.15, 0.2) is 0 Å². The quantitative estimate of drug-likeness (QED) is 0.0486. The first kappa shape index (κ1) is 50.0. The third-order valence-corrected chi connectivity index (χ3v) is 11.4. The number of aryl methyl sites for hydroxylation is 1. The normalized spacial score (nSPS) is 16.1. The summed E-state index contributed by atoms with van der Waals surface area (Å²) in [5, 5.41) is 18.1. The monoisotopic (exact) mass is 850 g/mol. The molecule has 3 aromatic rings. The van der Waals surface area contributed by atoms with Gasteiger partial charge in [-0.1, -0.05) is 57.5 Å². The number of carbonyl (C=O) groups excluding carboxylic acids is 4. The van der Waals surface area contributed by atoms with Crippen LogP contribution in [0.4, 0.5) is 4.79 Å². The molecule has 0 aliphatic carbocycles. The van der Waals surface area contributed by atoms with Gasteiger partial charge in [-0.3, -0.25) is 14.4 Å². The maximum atomic E-state index is 14.2. The lowest BCUT2D eigenvalue weighted by molar-refractivity contribution is -0.163. The van der Waals surface area contributed by atoms with E-state index in [-0.39, 0.29) is 30.6 Å². The molecule has 1 aromatic carbocycles. The molecule has 5 N–H and O–H groups in total. The molecule has 332 valence electrons. The number of aromatic amines is 1. The van der Waals surface area contributed by atoms with Crippen molar-refractivity contribution in [2.24, 2.45) is 23.0 Å². The number of rotatable bonds is 20. The number of nitrogens with two attached hydrogens (primary N) is 1. The molecule has 60 heavy (non-hydrogen) atoms. The number of allylic oxidation sites excluding steroid dienone is 1. The molecule has 1 amide bonds. The van der Waals surface area contributed by atoms with Crippen LogP contribution < -0.4 is 11.1 Å². The molecule has 0 fully saturated rings. The van der Waals surface area contributed by atoms with Crippen LogP contribution in [0.15, 0.2) is 53.1 Å². The highest BCUT2D eigenvalue weighted by Gasteiger charge is 2.44. The average Bonchev–Trinajstić information content (AvgIpc) is 3.74. The highest BCUT2D eigenvalue weighted by molar-refractivity contribution is 7.09. The summed E-state index contributed by atoms with van der Waals surface area (Å²) >= 11 is 1.56. The van der Waals surface area contributed by atoms with E-state index < -0.39 is 58.8 Å². The van der Waals surface area contributed by atoms with Crippen molar-refractivity contribution in [3.8, 4) is 0 Å². The first-order chi connectivity index (χ1) is 27.8. The van der Waals surface area contributed by atoms with Gasteiger partial charge in [0.2, 0.25) is 0 Å². The summed E-state index contributed by atoms with van der Waals surface area (Å²) in [6.07, 6.45) is 5.70. The number of carbonyl (C=O) groups is 4. The van der Waals surface area contributed by atoms with Crippen LogP contribution in [0.25, 0.3) is 17.0 Å². The van der Waals surface area contributed by atoms with Gasteiger partial charge in [0.05, 0.1) is 40.6 Å². The van der Waals surface area contributed by atoms with E-state index in [0.29, 0.717) is 12.8 Å². The van der Waals surface area contributed by atoms with Crippen molar-refractivity contribution in [3.05, 3.63) is 69.3 Å². The van der Waals surface area contributed by atoms with Crippen LogP contribution in [-0.2, 0) is 35.0 Å². The Morgan fingerprint density at radius 2 is 1.65 bits per heavy atom. The standard InChI is InChI=1S/C47H70N4O8S/c1-28(21-22-37(51-44(56)59-46(9,10)11)30(3)23-34-27-60-32(5)50-34)17-16-18-29(2)41(31(4)42(54)47(12,13)39(52)25-40(53)58-45(6,7)8)57-43(55)36(48)24-33-26-49-38-20-15-14-19-35(33)38/h14-15,19-21,23,26-27,29,31,36-37,39,41,49,52H,16-18,22,24-25,48H2,1-13H3,(H,51,56)/b28-21-,30-23+/t29-,31+,36-,37-,39-,41-/m0/s1. The van der Waals surface area contributed by atoms with E-state index in [1.807, 2.05) is 90.4 Å². The summed E-state index contributed by atoms with van der Waals surface area (Å²) < 4.78 is 17.2. The lowest BCUT2D eigenvalue weighted by Crippen LogP contribution is -2.48. The van der Waals surface area contributed by atoms with E-state index in [4.69, 9.17) is 19.9 Å². The Morgan fingerprint density at radius 3 is 2.27 bits per heavy atom. The maximum absolute atomic E-state index is 14.2. The fourth-order valence-corrected chi connectivity index (χ4v) is 7.70. The second-order valence-electron chi connectivity index (χ2n) is 18.8. The average molecular weight is 851 g/mol. The number of aliphatic hydroxyl groups excluding tert-OH is 1. The van der Waals surface area contributed by atoms with Crippen molar-refractivity contribution in [3.63, 3.8) is 0 Å². The molecular formula is C47H70N4O8S.